The molecule has 81 valence electrons. The Kier molecular flexibility index (Phi) is 3.65. The molecule has 1 aromatic heterocycles. The van der Waals surface area contributed by atoms with Gasteiger partial charge in [0, 0.05) is 16.6 Å². The van der Waals surface area contributed by atoms with Crippen molar-refractivity contribution >= 4 is 28.9 Å². The topological polar surface area (TPSA) is 24.9 Å². The van der Waals surface area contributed by atoms with Crippen LogP contribution in [0.2, 0.25) is 10.0 Å². The number of pyridine rings is 1. The summed E-state index contributed by atoms with van der Waals surface area (Å²) in [6.07, 6.45) is 4.43. The molecule has 0 atom stereocenters. The van der Waals surface area contributed by atoms with E-state index in [0.29, 0.717) is 16.6 Å². The fraction of sp³-hybridized carbons (Fsp3) is 0.0833. The number of rotatable bonds is 3. The van der Waals surface area contributed by atoms with Gasteiger partial charge in [-0.3, -0.25) is 4.98 Å². The first-order chi connectivity index (χ1) is 7.74. The van der Waals surface area contributed by atoms with Gasteiger partial charge in [0.2, 0.25) is 0 Å². The third-order valence-corrected chi connectivity index (χ3v) is 2.47. The molecule has 2 nitrogen and oxygen atoms in total. The molecule has 1 N–H and O–H groups in total. The minimum Gasteiger partial charge on any atom is -0.380 e. The standard InChI is InChI=1S/C12H9Cl2N2/c13-10-4-9(5-11(14)6-10)7-16-12-2-1-3-15-8-12/h1-2,4-6,8,16H,7H2. The summed E-state index contributed by atoms with van der Waals surface area (Å²) in [5, 5.41) is 4.50. The van der Waals surface area contributed by atoms with Crippen LogP contribution in [0.1, 0.15) is 5.56 Å². The number of hydrogen-bond donors (Lipinski definition) is 1. The van der Waals surface area contributed by atoms with Gasteiger partial charge in [0.15, 0.2) is 0 Å². The predicted octanol–water partition coefficient (Wildman–Crippen LogP) is 3.80. The van der Waals surface area contributed by atoms with Crippen LogP contribution in [0.4, 0.5) is 5.69 Å². The van der Waals surface area contributed by atoms with Crippen molar-refractivity contribution in [1.82, 2.24) is 4.98 Å². The summed E-state index contributed by atoms with van der Waals surface area (Å²) in [5.41, 5.74) is 1.97. The lowest BCUT2D eigenvalue weighted by Gasteiger charge is -2.06. The molecule has 0 saturated heterocycles. The van der Waals surface area contributed by atoms with Gasteiger partial charge in [0.25, 0.3) is 0 Å². The second-order valence-corrected chi connectivity index (χ2v) is 4.18. The molecule has 0 bridgehead atoms. The van der Waals surface area contributed by atoms with Crippen LogP contribution in [-0.4, -0.2) is 4.98 Å². The molecule has 0 spiro atoms. The first-order valence-corrected chi connectivity index (χ1v) is 5.50. The van der Waals surface area contributed by atoms with Gasteiger partial charge >= 0.3 is 0 Å². The maximum atomic E-state index is 5.90. The maximum absolute atomic E-state index is 5.90. The average molecular weight is 252 g/mol. The van der Waals surface area contributed by atoms with Gasteiger partial charge in [-0.2, -0.15) is 0 Å². The van der Waals surface area contributed by atoms with Gasteiger partial charge in [-0.15, -0.1) is 0 Å². The van der Waals surface area contributed by atoms with E-state index in [1.807, 2.05) is 18.2 Å². The minimum absolute atomic E-state index is 0.642. The van der Waals surface area contributed by atoms with Crippen LogP contribution in [0.5, 0.6) is 0 Å². The molecular weight excluding hydrogens is 243 g/mol. The average Bonchev–Trinajstić information content (AvgIpc) is 2.27. The lowest BCUT2D eigenvalue weighted by molar-refractivity contribution is 1.14. The van der Waals surface area contributed by atoms with Crippen molar-refractivity contribution in [2.75, 3.05) is 5.32 Å². The summed E-state index contributed by atoms with van der Waals surface area (Å²) < 4.78 is 0. The van der Waals surface area contributed by atoms with E-state index in [0.717, 1.165) is 11.3 Å². The van der Waals surface area contributed by atoms with Crippen molar-refractivity contribution in [3.8, 4) is 0 Å². The van der Waals surface area contributed by atoms with Crippen LogP contribution >= 0.6 is 23.2 Å². The first kappa shape index (κ1) is 11.2. The summed E-state index contributed by atoms with van der Waals surface area (Å²) in [5.74, 6) is 0. The molecule has 4 heteroatoms. The van der Waals surface area contributed by atoms with Crippen LogP contribution in [0, 0.1) is 6.20 Å². The molecule has 0 aliphatic rings. The Hall–Kier alpha value is -1.25. The fourth-order valence-electron chi connectivity index (χ4n) is 1.34. The second kappa shape index (κ2) is 5.19. The predicted molar refractivity (Wildman–Crippen MR) is 66.9 cm³/mol. The van der Waals surface area contributed by atoms with Crippen molar-refractivity contribution in [3.05, 3.63) is 58.3 Å². The summed E-state index contributed by atoms with van der Waals surface area (Å²) >= 11 is 11.8. The lowest BCUT2D eigenvalue weighted by Crippen LogP contribution is -1.99. The van der Waals surface area contributed by atoms with Crippen LogP contribution in [0.3, 0.4) is 0 Å². The number of aromatic nitrogens is 1. The van der Waals surface area contributed by atoms with E-state index in [-0.39, 0.29) is 0 Å². The summed E-state index contributed by atoms with van der Waals surface area (Å²) in [6.45, 7) is 0.659. The van der Waals surface area contributed by atoms with Crippen molar-refractivity contribution in [3.63, 3.8) is 0 Å². The van der Waals surface area contributed by atoms with E-state index in [4.69, 9.17) is 23.2 Å². The highest BCUT2D eigenvalue weighted by molar-refractivity contribution is 6.34. The van der Waals surface area contributed by atoms with Gasteiger partial charge < -0.3 is 5.32 Å². The van der Waals surface area contributed by atoms with E-state index < -0.39 is 0 Å². The largest absolute Gasteiger partial charge is 0.380 e. The molecule has 0 unspecified atom stereocenters. The van der Waals surface area contributed by atoms with Gasteiger partial charge in [-0.25, -0.2) is 0 Å². The number of nitrogens with zero attached hydrogens (tertiary/aromatic N) is 1. The maximum Gasteiger partial charge on any atom is 0.0887 e. The zero-order chi connectivity index (χ0) is 11.4. The molecule has 16 heavy (non-hydrogen) atoms. The highest BCUT2D eigenvalue weighted by Gasteiger charge is 1.98. The van der Waals surface area contributed by atoms with E-state index in [1.54, 1.807) is 18.3 Å². The first-order valence-electron chi connectivity index (χ1n) is 4.75. The lowest BCUT2D eigenvalue weighted by atomic mass is 10.2. The normalized spacial score (nSPS) is 10.1. The SMILES string of the molecule is Clc1cc(Cl)cc(CNc2cc[c]nc2)c1. The van der Waals surface area contributed by atoms with Crippen molar-refractivity contribution in [2.45, 2.75) is 6.54 Å². The number of anilines is 1. The van der Waals surface area contributed by atoms with Gasteiger partial charge in [-0.05, 0) is 35.9 Å². The molecule has 0 aliphatic heterocycles. The molecule has 0 aliphatic carbocycles. The number of benzene rings is 1. The van der Waals surface area contributed by atoms with Crippen LogP contribution in [-0.2, 0) is 6.54 Å². The number of halogens is 2. The van der Waals surface area contributed by atoms with Crippen molar-refractivity contribution in [1.29, 1.82) is 0 Å². The highest BCUT2D eigenvalue weighted by atomic mass is 35.5. The van der Waals surface area contributed by atoms with E-state index in [2.05, 4.69) is 16.5 Å². The fourth-order valence-corrected chi connectivity index (χ4v) is 1.91. The van der Waals surface area contributed by atoms with Gasteiger partial charge in [0.1, 0.15) is 0 Å². The second-order valence-electron chi connectivity index (χ2n) is 3.31. The summed E-state index contributed by atoms with van der Waals surface area (Å²) in [7, 11) is 0. The Balaban J connectivity index is 2.05. The quantitative estimate of drug-likeness (QED) is 0.898. The van der Waals surface area contributed by atoms with Crippen LogP contribution in [0.15, 0.2) is 36.5 Å². The molecule has 0 fully saturated rings. The third-order valence-electron chi connectivity index (χ3n) is 2.03. The van der Waals surface area contributed by atoms with E-state index >= 15 is 0 Å². The molecule has 0 amide bonds. The van der Waals surface area contributed by atoms with E-state index in [9.17, 15) is 0 Å². The van der Waals surface area contributed by atoms with Crippen LogP contribution < -0.4 is 5.32 Å². The molecule has 1 radical (unpaired) electrons. The monoisotopic (exact) mass is 251 g/mol. The Morgan fingerprint density at radius 3 is 2.56 bits per heavy atom. The number of hydrogen-bond acceptors (Lipinski definition) is 2. The molecule has 0 saturated carbocycles. The Bertz CT molecular complexity index is 451. The zero-order valence-electron chi connectivity index (χ0n) is 8.37. The van der Waals surface area contributed by atoms with Crippen molar-refractivity contribution in [2.24, 2.45) is 0 Å². The zero-order valence-corrected chi connectivity index (χ0v) is 9.89. The molecular formula is C12H9Cl2N2. The van der Waals surface area contributed by atoms with Gasteiger partial charge in [0.05, 0.1) is 18.1 Å². The minimum atomic E-state index is 0.642. The Morgan fingerprint density at radius 2 is 1.94 bits per heavy atom. The van der Waals surface area contributed by atoms with Gasteiger partial charge in [-0.1, -0.05) is 23.2 Å². The Labute approximate surface area is 104 Å². The number of nitrogens with one attached hydrogen (secondary N) is 1. The smallest absolute Gasteiger partial charge is 0.0887 e. The van der Waals surface area contributed by atoms with Crippen molar-refractivity contribution < 1.29 is 0 Å². The Morgan fingerprint density at radius 1 is 1.19 bits per heavy atom. The summed E-state index contributed by atoms with van der Waals surface area (Å²) in [4.78, 5) is 3.89. The highest BCUT2D eigenvalue weighted by Crippen LogP contribution is 2.19. The van der Waals surface area contributed by atoms with Crippen LogP contribution in [0.25, 0.3) is 0 Å². The molecule has 1 heterocycles. The van der Waals surface area contributed by atoms with E-state index in [1.165, 1.54) is 0 Å². The molecule has 2 aromatic rings. The summed E-state index contributed by atoms with van der Waals surface area (Å²) in [6, 6.07) is 9.13. The molecule has 2 rings (SSSR count). The third kappa shape index (κ3) is 3.12. The molecule has 1 aromatic carbocycles.